The Labute approximate surface area is 110 Å². The lowest BCUT2D eigenvalue weighted by Crippen LogP contribution is -2.44. The summed E-state index contributed by atoms with van der Waals surface area (Å²) < 4.78 is 0. The van der Waals surface area contributed by atoms with Crippen LogP contribution < -0.4 is 10.6 Å². The lowest BCUT2D eigenvalue weighted by molar-refractivity contribution is 0.448. The van der Waals surface area contributed by atoms with E-state index in [4.69, 9.17) is 12.2 Å². The van der Waals surface area contributed by atoms with E-state index in [-0.39, 0.29) is 5.54 Å². The molecule has 0 amide bonds. The van der Waals surface area contributed by atoms with Crippen LogP contribution in [0.25, 0.3) is 0 Å². The molecular formula is C14H22N2S. The van der Waals surface area contributed by atoms with Gasteiger partial charge in [-0.25, -0.2) is 0 Å². The number of thiocarbonyl (C=S) groups is 1. The van der Waals surface area contributed by atoms with E-state index < -0.39 is 0 Å². The Kier molecular flexibility index (Phi) is 4.52. The summed E-state index contributed by atoms with van der Waals surface area (Å²) >= 11 is 5.33. The summed E-state index contributed by atoms with van der Waals surface area (Å²) in [4.78, 5) is 0. The molecule has 0 spiro atoms. The molecule has 2 nitrogen and oxygen atoms in total. The Hall–Kier alpha value is -1.09. The van der Waals surface area contributed by atoms with Crippen molar-refractivity contribution in [3.63, 3.8) is 0 Å². The van der Waals surface area contributed by atoms with Crippen molar-refractivity contribution in [2.24, 2.45) is 0 Å². The van der Waals surface area contributed by atoms with Crippen LogP contribution in [0.2, 0.25) is 0 Å². The average molecular weight is 250 g/mol. The van der Waals surface area contributed by atoms with Gasteiger partial charge in [-0.1, -0.05) is 19.1 Å². The smallest absolute Gasteiger partial charge is 0.171 e. The summed E-state index contributed by atoms with van der Waals surface area (Å²) in [6, 6.07) is 6.32. The van der Waals surface area contributed by atoms with Crippen molar-refractivity contribution in [1.82, 2.24) is 5.32 Å². The van der Waals surface area contributed by atoms with Crippen molar-refractivity contribution >= 4 is 23.0 Å². The first-order chi connectivity index (χ1) is 7.84. The molecule has 0 unspecified atom stereocenters. The second kappa shape index (κ2) is 5.50. The number of hydrogen-bond donors (Lipinski definition) is 2. The SMILES string of the molecule is CCC(C)(C)NC(=S)Nc1cc(C)ccc1C. The van der Waals surface area contributed by atoms with Crippen molar-refractivity contribution in [3.05, 3.63) is 29.3 Å². The normalized spacial score (nSPS) is 11.1. The highest BCUT2D eigenvalue weighted by molar-refractivity contribution is 7.80. The summed E-state index contributed by atoms with van der Waals surface area (Å²) in [6.07, 6.45) is 1.03. The third-order valence-corrected chi connectivity index (χ3v) is 3.18. The Morgan fingerprint density at radius 1 is 1.29 bits per heavy atom. The van der Waals surface area contributed by atoms with Gasteiger partial charge in [0.1, 0.15) is 0 Å². The first-order valence-electron chi connectivity index (χ1n) is 6.00. The first kappa shape index (κ1) is 14.0. The number of benzene rings is 1. The van der Waals surface area contributed by atoms with E-state index in [1.807, 2.05) is 0 Å². The predicted molar refractivity (Wildman–Crippen MR) is 79.6 cm³/mol. The van der Waals surface area contributed by atoms with E-state index in [1.165, 1.54) is 11.1 Å². The zero-order chi connectivity index (χ0) is 13.1. The molecule has 94 valence electrons. The molecule has 1 rings (SSSR count). The fourth-order valence-electron chi connectivity index (χ4n) is 1.42. The quantitative estimate of drug-likeness (QED) is 0.798. The summed E-state index contributed by atoms with van der Waals surface area (Å²) in [6.45, 7) is 10.6. The van der Waals surface area contributed by atoms with Crippen LogP contribution in [-0.2, 0) is 0 Å². The van der Waals surface area contributed by atoms with Gasteiger partial charge in [0.05, 0.1) is 0 Å². The van der Waals surface area contributed by atoms with Gasteiger partial charge >= 0.3 is 0 Å². The molecule has 0 bridgehead atoms. The topological polar surface area (TPSA) is 24.1 Å². The van der Waals surface area contributed by atoms with Crippen molar-refractivity contribution < 1.29 is 0 Å². The zero-order valence-electron chi connectivity index (χ0n) is 11.3. The van der Waals surface area contributed by atoms with Crippen LogP contribution in [0, 0.1) is 13.8 Å². The fraction of sp³-hybridized carbons (Fsp3) is 0.500. The highest BCUT2D eigenvalue weighted by Gasteiger charge is 2.15. The number of aryl methyl sites for hydroxylation is 2. The average Bonchev–Trinajstić information content (AvgIpc) is 2.23. The molecular weight excluding hydrogens is 228 g/mol. The molecule has 0 atom stereocenters. The van der Waals surface area contributed by atoms with Crippen LogP contribution in [0.15, 0.2) is 18.2 Å². The van der Waals surface area contributed by atoms with E-state index in [2.05, 4.69) is 63.5 Å². The van der Waals surface area contributed by atoms with E-state index in [0.29, 0.717) is 5.11 Å². The van der Waals surface area contributed by atoms with Gasteiger partial charge in [0, 0.05) is 11.2 Å². The van der Waals surface area contributed by atoms with Crippen LogP contribution >= 0.6 is 12.2 Å². The minimum Gasteiger partial charge on any atom is -0.358 e. The zero-order valence-corrected chi connectivity index (χ0v) is 12.2. The van der Waals surface area contributed by atoms with E-state index in [0.717, 1.165) is 12.1 Å². The van der Waals surface area contributed by atoms with Gasteiger partial charge in [-0.2, -0.15) is 0 Å². The van der Waals surface area contributed by atoms with Gasteiger partial charge < -0.3 is 10.6 Å². The Morgan fingerprint density at radius 3 is 2.53 bits per heavy atom. The van der Waals surface area contributed by atoms with Crippen LogP contribution in [-0.4, -0.2) is 10.7 Å². The summed E-state index contributed by atoms with van der Waals surface area (Å²) in [7, 11) is 0. The number of rotatable bonds is 3. The molecule has 0 aromatic heterocycles. The second-order valence-electron chi connectivity index (χ2n) is 5.13. The molecule has 0 fully saturated rings. The predicted octanol–water partition coefficient (Wildman–Crippen LogP) is 3.78. The molecule has 0 saturated heterocycles. The molecule has 0 radical (unpaired) electrons. The van der Waals surface area contributed by atoms with Crippen molar-refractivity contribution in [1.29, 1.82) is 0 Å². The van der Waals surface area contributed by atoms with E-state index >= 15 is 0 Å². The summed E-state index contributed by atoms with van der Waals surface area (Å²) in [5, 5.41) is 7.27. The van der Waals surface area contributed by atoms with Crippen molar-refractivity contribution in [2.45, 2.75) is 46.6 Å². The lowest BCUT2D eigenvalue weighted by atomic mass is 10.0. The standard InChI is InChI=1S/C14H22N2S/c1-6-14(4,5)16-13(17)15-12-9-10(2)7-8-11(12)3/h7-9H,6H2,1-5H3,(H2,15,16,17). The molecule has 0 saturated carbocycles. The Bertz CT molecular complexity index is 411. The van der Waals surface area contributed by atoms with E-state index in [9.17, 15) is 0 Å². The highest BCUT2D eigenvalue weighted by Crippen LogP contribution is 2.16. The van der Waals surface area contributed by atoms with Crippen LogP contribution in [0.1, 0.15) is 38.3 Å². The largest absolute Gasteiger partial charge is 0.358 e. The highest BCUT2D eigenvalue weighted by atomic mass is 32.1. The van der Waals surface area contributed by atoms with Gasteiger partial charge in [0.15, 0.2) is 5.11 Å². The maximum absolute atomic E-state index is 5.33. The van der Waals surface area contributed by atoms with Gasteiger partial charge in [0.25, 0.3) is 0 Å². The van der Waals surface area contributed by atoms with Gasteiger partial charge in [-0.3, -0.25) is 0 Å². The minimum absolute atomic E-state index is 0.0296. The third-order valence-electron chi connectivity index (χ3n) is 2.98. The molecule has 1 aromatic carbocycles. The number of hydrogen-bond acceptors (Lipinski definition) is 1. The molecule has 3 heteroatoms. The third kappa shape index (κ3) is 4.35. The minimum atomic E-state index is 0.0296. The second-order valence-corrected chi connectivity index (χ2v) is 5.54. The van der Waals surface area contributed by atoms with Crippen molar-refractivity contribution in [2.75, 3.05) is 5.32 Å². The molecule has 2 N–H and O–H groups in total. The molecule has 0 aliphatic heterocycles. The molecule has 17 heavy (non-hydrogen) atoms. The van der Waals surface area contributed by atoms with Gasteiger partial charge in [-0.05, 0) is 63.5 Å². The molecule has 1 aromatic rings. The number of anilines is 1. The Balaban J connectivity index is 2.71. The molecule has 0 aliphatic rings. The van der Waals surface area contributed by atoms with E-state index in [1.54, 1.807) is 0 Å². The van der Waals surface area contributed by atoms with Crippen LogP contribution in [0.3, 0.4) is 0 Å². The summed E-state index contributed by atoms with van der Waals surface area (Å²) in [5.41, 5.74) is 3.54. The Morgan fingerprint density at radius 2 is 1.94 bits per heavy atom. The maximum atomic E-state index is 5.33. The molecule has 0 aliphatic carbocycles. The van der Waals surface area contributed by atoms with Crippen LogP contribution in [0.5, 0.6) is 0 Å². The molecule has 0 heterocycles. The first-order valence-corrected chi connectivity index (χ1v) is 6.41. The lowest BCUT2D eigenvalue weighted by Gasteiger charge is -2.26. The van der Waals surface area contributed by atoms with Gasteiger partial charge in [-0.15, -0.1) is 0 Å². The maximum Gasteiger partial charge on any atom is 0.171 e. The monoisotopic (exact) mass is 250 g/mol. The number of nitrogens with one attached hydrogen (secondary N) is 2. The fourth-order valence-corrected chi connectivity index (χ4v) is 1.81. The summed E-state index contributed by atoms with van der Waals surface area (Å²) in [5.74, 6) is 0. The van der Waals surface area contributed by atoms with Crippen LogP contribution in [0.4, 0.5) is 5.69 Å². The van der Waals surface area contributed by atoms with Crippen molar-refractivity contribution in [3.8, 4) is 0 Å². The van der Waals surface area contributed by atoms with Gasteiger partial charge in [0.2, 0.25) is 0 Å².